The number of pyridine rings is 1. The Bertz CT molecular complexity index is 330. The van der Waals surface area contributed by atoms with Crippen LogP contribution in [0.15, 0.2) is 18.5 Å². The quantitative estimate of drug-likeness (QED) is 0.836. The van der Waals surface area contributed by atoms with Gasteiger partial charge in [0.15, 0.2) is 0 Å². The van der Waals surface area contributed by atoms with Gasteiger partial charge in [0, 0.05) is 25.0 Å². The molecule has 2 rings (SSSR count). The van der Waals surface area contributed by atoms with Gasteiger partial charge in [-0.2, -0.15) is 0 Å². The Morgan fingerprint density at radius 2 is 2.12 bits per heavy atom. The zero-order chi connectivity index (χ0) is 11.4. The van der Waals surface area contributed by atoms with Gasteiger partial charge >= 0.3 is 0 Å². The molecule has 1 aromatic rings. The molecule has 88 valence electrons. The second-order valence-electron chi connectivity index (χ2n) is 4.71. The first-order valence-electron chi connectivity index (χ1n) is 6.08. The first kappa shape index (κ1) is 11.6. The van der Waals surface area contributed by atoms with Crippen LogP contribution in [0.3, 0.4) is 0 Å². The largest absolute Gasteiger partial charge is 0.317 e. The highest BCUT2D eigenvalue weighted by Gasteiger charge is 2.17. The molecule has 16 heavy (non-hydrogen) atoms. The molecule has 0 radical (unpaired) electrons. The number of nitrogens with zero attached hydrogens (tertiary/aromatic N) is 2. The summed E-state index contributed by atoms with van der Waals surface area (Å²) < 4.78 is 0. The third kappa shape index (κ3) is 3.03. The zero-order valence-corrected chi connectivity index (χ0v) is 10.2. The molecule has 0 spiro atoms. The van der Waals surface area contributed by atoms with Crippen LogP contribution in [-0.2, 0) is 6.54 Å². The summed E-state index contributed by atoms with van der Waals surface area (Å²) in [5.41, 5.74) is 2.59. The lowest BCUT2D eigenvalue weighted by Gasteiger charge is -2.31. The van der Waals surface area contributed by atoms with Crippen LogP contribution in [0.2, 0.25) is 0 Å². The number of likely N-dealkylation sites (tertiary alicyclic amines) is 1. The van der Waals surface area contributed by atoms with Crippen LogP contribution >= 0.6 is 0 Å². The Balaban J connectivity index is 1.87. The minimum atomic E-state index is 0.715. The highest BCUT2D eigenvalue weighted by Crippen LogP contribution is 2.13. The summed E-state index contributed by atoms with van der Waals surface area (Å²) in [7, 11) is 2.06. The molecule has 1 aliphatic rings. The summed E-state index contributed by atoms with van der Waals surface area (Å²) in [4.78, 5) is 6.76. The van der Waals surface area contributed by atoms with Crippen LogP contribution in [0.4, 0.5) is 0 Å². The van der Waals surface area contributed by atoms with Crippen LogP contribution < -0.4 is 5.32 Å². The highest BCUT2D eigenvalue weighted by atomic mass is 15.1. The summed E-state index contributed by atoms with van der Waals surface area (Å²) in [6, 6.07) is 2.95. The molecule has 3 heteroatoms. The Kier molecular flexibility index (Phi) is 3.91. The van der Waals surface area contributed by atoms with Gasteiger partial charge in [-0.3, -0.25) is 9.88 Å². The number of hydrogen-bond donors (Lipinski definition) is 1. The Hall–Kier alpha value is -0.930. The maximum Gasteiger partial charge on any atom is 0.0313 e. The highest BCUT2D eigenvalue weighted by molar-refractivity contribution is 5.16. The van der Waals surface area contributed by atoms with E-state index in [0.29, 0.717) is 6.04 Å². The van der Waals surface area contributed by atoms with E-state index < -0.39 is 0 Å². The van der Waals surface area contributed by atoms with E-state index in [4.69, 9.17) is 0 Å². The Morgan fingerprint density at radius 1 is 1.38 bits per heavy atom. The van der Waals surface area contributed by atoms with Crippen LogP contribution in [0.1, 0.15) is 24.0 Å². The lowest BCUT2D eigenvalue weighted by atomic mass is 10.0. The van der Waals surface area contributed by atoms with Crippen LogP contribution in [0, 0.1) is 6.92 Å². The molecule has 1 fully saturated rings. The molecule has 0 aromatic carbocycles. The SMILES string of the molecule is CNC1CCN(Cc2cncc(C)c2)CC1. The summed E-state index contributed by atoms with van der Waals surface area (Å²) in [5, 5.41) is 3.36. The number of nitrogens with one attached hydrogen (secondary N) is 1. The monoisotopic (exact) mass is 219 g/mol. The van der Waals surface area contributed by atoms with E-state index in [-0.39, 0.29) is 0 Å². The molecule has 1 N–H and O–H groups in total. The predicted octanol–water partition coefficient (Wildman–Crippen LogP) is 1.57. The smallest absolute Gasteiger partial charge is 0.0313 e. The summed E-state index contributed by atoms with van der Waals surface area (Å²) in [5.74, 6) is 0. The molecule has 1 saturated heterocycles. The lowest BCUT2D eigenvalue weighted by molar-refractivity contribution is 0.194. The Morgan fingerprint density at radius 3 is 2.75 bits per heavy atom. The third-order valence-corrected chi connectivity index (χ3v) is 3.33. The van der Waals surface area contributed by atoms with Crippen molar-refractivity contribution in [3.05, 3.63) is 29.6 Å². The van der Waals surface area contributed by atoms with E-state index >= 15 is 0 Å². The summed E-state index contributed by atoms with van der Waals surface area (Å²) >= 11 is 0. The van der Waals surface area contributed by atoms with Gasteiger partial charge in [-0.05, 0) is 51.0 Å². The first-order valence-corrected chi connectivity index (χ1v) is 6.08. The van der Waals surface area contributed by atoms with Crippen molar-refractivity contribution in [1.29, 1.82) is 0 Å². The molecule has 0 saturated carbocycles. The summed E-state index contributed by atoms with van der Waals surface area (Å²) in [6.07, 6.45) is 6.42. The van der Waals surface area contributed by atoms with E-state index in [1.165, 1.54) is 37.1 Å². The van der Waals surface area contributed by atoms with Crippen molar-refractivity contribution < 1.29 is 0 Å². The molecule has 0 aliphatic carbocycles. The van der Waals surface area contributed by atoms with Gasteiger partial charge in [-0.1, -0.05) is 6.07 Å². The van der Waals surface area contributed by atoms with Crippen molar-refractivity contribution in [2.24, 2.45) is 0 Å². The molecular weight excluding hydrogens is 198 g/mol. The molecule has 1 aromatic heterocycles. The van der Waals surface area contributed by atoms with Crippen molar-refractivity contribution in [1.82, 2.24) is 15.2 Å². The van der Waals surface area contributed by atoms with Crippen molar-refractivity contribution in [2.45, 2.75) is 32.4 Å². The van der Waals surface area contributed by atoms with E-state index in [0.717, 1.165) is 6.54 Å². The number of hydrogen-bond acceptors (Lipinski definition) is 3. The zero-order valence-electron chi connectivity index (χ0n) is 10.2. The van der Waals surface area contributed by atoms with Gasteiger partial charge < -0.3 is 5.32 Å². The lowest BCUT2D eigenvalue weighted by Crippen LogP contribution is -2.40. The van der Waals surface area contributed by atoms with Crippen LogP contribution in [0.25, 0.3) is 0 Å². The molecular formula is C13H21N3. The Labute approximate surface area is 97.9 Å². The van der Waals surface area contributed by atoms with Crippen LogP contribution in [-0.4, -0.2) is 36.1 Å². The van der Waals surface area contributed by atoms with Gasteiger partial charge in [-0.15, -0.1) is 0 Å². The van der Waals surface area contributed by atoms with Gasteiger partial charge in [0.2, 0.25) is 0 Å². The maximum atomic E-state index is 4.24. The van der Waals surface area contributed by atoms with Crippen LogP contribution in [0.5, 0.6) is 0 Å². The van der Waals surface area contributed by atoms with Crippen molar-refractivity contribution in [3.63, 3.8) is 0 Å². The van der Waals surface area contributed by atoms with Gasteiger partial charge in [0.05, 0.1) is 0 Å². The third-order valence-electron chi connectivity index (χ3n) is 3.33. The normalized spacial score (nSPS) is 18.9. The second kappa shape index (κ2) is 5.41. The number of aryl methyl sites for hydroxylation is 1. The molecule has 2 heterocycles. The fraction of sp³-hybridized carbons (Fsp3) is 0.615. The fourth-order valence-corrected chi connectivity index (χ4v) is 2.34. The minimum Gasteiger partial charge on any atom is -0.317 e. The molecule has 0 amide bonds. The van der Waals surface area contributed by atoms with Crippen molar-refractivity contribution >= 4 is 0 Å². The standard InChI is InChI=1S/C13H21N3/c1-11-7-12(9-15-8-11)10-16-5-3-13(14-2)4-6-16/h7-9,13-14H,3-6,10H2,1-2H3. The number of aromatic nitrogens is 1. The van der Waals surface area contributed by atoms with Gasteiger partial charge in [0.1, 0.15) is 0 Å². The predicted molar refractivity (Wildman–Crippen MR) is 66.3 cm³/mol. The van der Waals surface area contributed by atoms with Gasteiger partial charge in [0.25, 0.3) is 0 Å². The molecule has 3 nitrogen and oxygen atoms in total. The average molecular weight is 219 g/mol. The first-order chi connectivity index (χ1) is 7.78. The molecule has 0 bridgehead atoms. The minimum absolute atomic E-state index is 0.715. The van der Waals surface area contributed by atoms with Gasteiger partial charge in [-0.25, -0.2) is 0 Å². The second-order valence-corrected chi connectivity index (χ2v) is 4.71. The molecule has 1 aliphatic heterocycles. The molecule has 0 atom stereocenters. The number of rotatable bonds is 3. The maximum absolute atomic E-state index is 4.24. The summed E-state index contributed by atoms with van der Waals surface area (Å²) in [6.45, 7) is 5.54. The topological polar surface area (TPSA) is 28.2 Å². The van der Waals surface area contributed by atoms with E-state index in [2.05, 4.69) is 35.2 Å². The van der Waals surface area contributed by atoms with Crippen molar-refractivity contribution in [2.75, 3.05) is 20.1 Å². The molecule has 0 unspecified atom stereocenters. The van der Waals surface area contributed by atoms with E-state index in [9.17, 15) is 0 Å². The van der Waals surface area contributed by atoms with E-state index in [1.807, 2.05) is 12.4 Å². The van der Waals surface area contributed by atoms with Crippen molar-refractivity contribution in [3.8, 4) is 0 Å². The fourth-order valence-electron chi connectivity index (χ4n) is 2.34. The number of piperidine rings is 1. The average Bonchev–Trinajstić information content (AvgIpc) is 2.30. The van der Waals surface area contributed by atoms with E-state index in [1.54, 1.807) is 0 Å².